The first-order valence-corrected chi connectivity index (χ1v) is 12.2. The van der Waals surface area contributed by atoms with Gasteiger partial charge in [0.1, 0.15) is 18.1 Å². The van der Waals surface area contributed by atoms with Gasteiger partial charge < -0.3 is 24.7 Å². The molecule has 37 heavy (non-hydrogen) atoms. The zero-order chi connectivity index (χ0) is 27.1. The number of nitrogens with zero attached hydrogens (tertiary/aromatic N) is 2. The van der Waals surface area contributed by atoms with Crippen LogP contribution in [0.15, 0.2) is 48.8 Å². The van der Waals surface area contributed by atoms with Crippen LogP contribution in [0.25, 0.3) is 11.1 Å². The Balaban J connectivity index is 1.98. The van der Waals surface area contributed by atoms with E-state index in [0.717, 1.165) is 11.1 Å². The molecule has 2 N–H and O–H groups in total. The summed E-state index contributed by atoms with van der Waals surface area (Å²) in [5, 5.41) is 6.57. The van der Waals surface area contributed by atoms with Crippen molar-refractivity contribution in [1.82, 2.24) is 14.9 Å². The largest absolute Gasteiger partial charge is 0.463 e. The number of hydrogen-bond donors (Lipinski definition) is 2. The summed E-state index contributed by atoms with van der Waals surface area (Å²) in [5.74, 6) is -0.748. The maximum atomic E-state index is 13.5. The van der Waals surface area contributed by atoms with E-state index in [4.69, 9.17) is 21.1 Å². The Labute approximate surface area is 221 Å². The maximum absolute atomic E-state index is 13.5. The molecule has 3 aromatic rings. The minimum absolute atomic E-state index is 0.0392. The zero-order valence-corrected chi connectivity index (χ0v) is 22.3. The van der Waals surface area contributed by atoms with Crippen molar-refractivity contribution in [1.29, 1.82) is 0 Å². The molecule has 10 heteroatoms. The number of halogens is 1. The summed E-state index contributed by atoms with van der Waals surface area (Å²) in [5.41, 5.74) is 3.32. The average Bonchev–Trinajstić information content (AvgIpc) is 3.25. The fraction of sp³-hybridized carbons (Fsp3) is 0.333. The number of anilines is 1. The molecular weight excluding hydrogens is 496 g/mol. The van der Waals surface area contributed by atoms with Crippen LogP contribution in [-0.4, -0.2) is 40.0 Å². The second-order valence-electron chi connectivity index (χ2n) is 8.94. The number of benzene rings is 1. The van der Waals surface area contributed by atoms with Crippen LogP contribution in [0.2, 0.25) is 5.02 Å². The summed E-state index contributed by atoms with van der Waals surface area (Å²) < 4.78 is 11.9. The van der Waals surface area contributed by atoms with E-state index in [1.165, 1.54) is 24.6 Å². The number of amides is 1. The minimum Gasteiger partial charge on any atom is -0.463 e. The molecule has 1 aromatic carbocycles. The van der Waals surface area contributed by atoms with Gasteiger partial charge in [0.15, 0.2) is 6.73 Å². The number of nitrogens with one attached hydrogen (secondary N) is 2. The van der Waals surface area contributed by atoms with Crippen molar-refractivity contribution in [2.75, 3.05) is 11.9 Å². The lowest BCUT2D eigenvalue weighted by atomic mass is 10.0. The van der Waals surface area contributed by atoms with Gasteiger partial charge in [-0.15, -0.1) is 0 Å². The summed E-state index contributed by atoms with van der Waals surface area (Å²) in [4.78, 5) is 40.8. The summed E-state index contributed by atoms with van der Waals surface area (Å²) in [6.45, 7) is 8.32. The molecule has 2 aromatic heterocycles. The summed E-state index contributed by atoms with van der Waals surface area (Å²) in [6, 6.07) is 10.6. The minimum atomic E-state index is -0.594. The van der Waals surface area contributed by atoms with Gasteiger partial charge in [0.25, 0.3) is 5.91 Å². The van der Waals surface area contributed by atoms with Gasteiger partial charge in [-0.1, -0.05) is 41.4 Å². The molecule has 9 nitrogen and oxygen atoms in total. The van der Waals surface area contributed by atoms with Gasteiger partial charge in [-0.3, -0.25) is 14.4 Å². The van der Waals surface area contributed by atoms with Gasteiger partial charge in [0.05, 0.1) is 11.1 Å². The number of pyridine rings is 1. The van der Waals surface area contributed by atoms with E-state index in [9.17, 15) is 14.4 Å². The molecule has 0 fully saturated rings. The predicted octanol–water partition coefficient (Wildman–Crippen LogP) is 4.89. The Bertz CT molecular complexity index is 1290. The third-order valence-corrected chi connectivity index (χ3v) is 5.64. The first kappa shape index (κ1) is 27.7. The van der Waals surface area contributed by atoms with Crippen LogP contribution in [0.5, 0.6) is 0 Å². The smallest absolute Gasteiger partial charge is 0.304 e. The van der Waals surface area contributed by atoms with Crippen LogP contribution in [0, 0.1) is 6.92 Å². The Hall–Kier alpha value is -3.85. The second kappa shape index (κ2) is 12.4. The molecule has 0 unspecified atom stereocenters. The van der Waals surface area contributed by atoms with Crippen LogP contribution >= 0.6 is 11.6 Å². The molecule has 3 rings (SSSR count). The van der Waals surface area contributed by atoms with E-state index in [-0.39, 0.29) is 25.1 Å². The lowest BCUT2D eigenvalue weighted by molar-refractivity contribution is -0.144. The zero-order valence-electron chi connectivity index (χ0n) is 21.5. The van der Waals surface area contributed by atoms with Gasteiger partial charge in [-0.25, -0.2) is 4.98 Å². The maximum Gasteiger partial charge on any atom is 0.304 e. The average molecular weight is 527 g/mol. The van der Waals surface area contributed by atoms with Gasteiger partial charge in [0, 0.05) is 43.4 Å². The van der Waals surface area contributed by atoms with E-state index in [1.54, 1.807) is 18.3 Å². The second-order valence-corrected chi connectivity index (χ2v) is 9.35. The SMILES string of the molecule is CC(=O)OC[C@@H](NC(=O)c1cc(-c2cc(NC(C)C)ncc2Cl)cn1COC(C)=O)c1cccc(C)c1. The van der Waals surface area contributed by atoms with Crippen molar-refractivity contribution >= 4 is 35.3 Å². The monoisotopic (exact) mass is 526 g/mol. The number of aryl methyl sites for hydroxylation is 1. The molecular formula is C27H31ClN4O5. The molecule has 0 aliphatic carbocycles. The topological polar surface area (TPSA) is 112 Å². The summed E-state index contributed by atoms with van der Waals surface area (Å²) >= 11 is 6.45. The Morgan fingerprint density at radius 2 is 1.81 bits per heavy atom. The van der Waals surface area contributed by atoms with Crippen LogP contribution in [0.3, 0.4) is 0 Å². The number of esters is 2. The van der Waals surface area contributed by atoms with Crippen LogP contribution in [0.4, 0.5) is 5.82 Å². The molecule has 0 saturated heterocycles. The molecule has 196 valence electrons. The Morgan fingerprint density at radius 1 is 1.08 bits per heavy atom. The quantitative estimate of drug-likeness (QED) is 0.362. The summed E-state index contributed by atoms with van der Waals surface area (Å²) in [7, 11) is 0. The molecule has 0 aliphatic heterocycles. The van der Waals surface area contributed by atoms with Crippen LogP contribution < -0.4 is 10.6 Å². The first-order valence-electron chi connectivity index (χ1n) is 11.8. The van der Waals surface area contributed by atoms with E-state index < -0.39 is 23.9 Å². The first-order chi connectivity index (χ1) is 17.5. The molecule has 0 saturated carbocycles. The van der Waals surface area contributed by atoms with E-state index in [1.807, 2.05) is 45.0 Å². The number of ether oxygens (including phenoxy) is 2. The lowest BCUT2D eigenvalue weighted by Gasteiger charge is -2.20. The Kier molecular flexibility index (Phi) is 9.30. The number of aromatic nitrogens is 2. The molecule has 1 atom stereocenters. The molecule has 1 amide bonds. The van der Waals surface area contributed by atoms with Crippen molar-refractivity contribution in [2.45, 2.75) is 53.4 Å². The molecule has 0 aliphatic rings. The number of carbonyl (C=O) groups excluding carboxylic acids is 3. The highest BCUT2D eigenvalue weighted by Gasteiger charge is 2.22. The van der Waals surface area contributed by atoms with Gasteiger partial charge in [-0.05, 0) is 38.5 Å². The third-order valence-electron chi connectivity index (χ3n) is 5.34. The van der Waals surface area contributed by atoms with Crippen molar-refractivity contribution in [3.63, 3.8) is 0 Å². The third kappa shape index (κ3) is 7.82. The predicted molar refractivity (Wildman–Crippen MR) is 141 cm³/mol. The number of hydrogen-bond acceptors (Lipinski definition) is 7. The number of rotatable bonds is 10. The lowest BCUT2D eigenvalue weighted by Crippen LogP contribution is -2.33. The normalized spacial score (nSPS) is 11.6. The molecule has 2 heterocycles. The highest BCUT2D eigenvalue weighted by Crippen LogP contribution is 2.31. The van der Waals surface area contributed by atoms with Crippen LogP contribution in [-0.2, 0) is 25.8 Å². The van der Waals surface area contributed by atoms with Gasteiger partial charge in [-0.2, -0.15) is 0 Å². The summed E-state index contributed by atoms with van der Waals surface area (Å²) in [6.07, 6.45) is 3.23. The Morgan fingerprint density at radius 3 is 2.46 bits per heavy atom. The van der Waals surface area contributed by atoms with Crippen molar-refractivity contribution < 1.29 is 23.9 Å². The van der Waals surface area contributed by atoms with Crippen molar-refractivity contribution in [3.8, 4) is 11.1 Å². The fourth-order valence-electron chi connectivity index (χ4n) is 3.69. The van der Waals surface area contributed by atoms with Crippen molar-refractivity contribution in [2.24, 2.45) is 0 Å². The molecule has 0 spiro atoms. The molecule has 0 radical (unpaired) electrons. The van der Waals surface area contributed by atoms with E-state index >= 15 is 0 Å². The van der Waals surface area contributed by atoms with Gasteiger partial charge >= 0.3 is 11.9 Å². The standard InChI is InChI=1S/C27H31ClN4O5/c1-16(2)30-26-11-22(23(28)12-29-26)21-10-25(32(13-21)15-37-19(5)34)27(35)31-24(14-36-18(4)33)20-8-6-7-17(3)9-20/h6-13,16,24H,14-15H2,1-5H3,(H,29,30)(H,31,35)/t24-/m1/s1. The number of carbonyl (C=O) groups is 3. The highest BCUT2D eigenvalue weighted by molar-refractivity contribution is 6.33. The van der Waals surface area contributed by atoms with Crippen molar-refractivity contribution in [3.05, 3.63) is 70.6 Å². The fourth-order valence-corrected chi connectivity index (χ4v) is 3.90. The van der Waals surface area contributed by atoms with Crippen LogP contribution in [0.1, 0.15) is 55.4 Å². The highest BCUT2D eigenvalue weighted by atomic mass is 35.5. The van der Waals surface area contributed by atoms with E-state index in [2.05, 4.69) is 15.6 Å². The van der Waals surface area contributed by atoms with E-state index in [0.29, 0.717) is 22.0 Å². The molecule has 0 bridgehead atoms. The van der Waals surface area contributed by atoms with Gasteiger partial charge in [0.2, 0.25) is 0 Å².